The third-order valence-corrected chi connectivity index (χ3v) is 4.46. The second kappa shape index (κ2) is 10.0. The molecule has 0 aliphatic rings. The highest BCUT2D eigenvalue weighted by Crippen LogP contribution is 2.19. The molecule has 1 aromatic carbocycles. The zero-order valence-electron chi connectivity index (χ0n) is 18.4. The Morgan fingerprint density at radius 3 is 2.60 bits per heavy atom. The predicted octanol–water partition coefficient (Wildman–Crippen LogP) is 3.63. The molecule has 0 saturated heterocycles. The maximum absolute atomic E-state index is 12.6. The van der Waals surface area contributed by atoms with Crippen molar-refractivity contribution in [3.8, 4) is 5.75 Å². The molecule has 0 saturated carbocycles. The van der Waals surface area contributed by atoms with Crippen LogP contribution in [0.2, 0.25) is 0 Å². The van der Waals surface area contributed by atoms with Crippen molar-refractivity contribution in [2.24, 2.45) is 11.0 Å². The number of hydrazone groups is 1. The first kappa shape index (κ1) is 23.1. The Bertz CT molecular complexity index is 921. The monoisotopic (exact) mass is 414 g/mol. The fourth-order valence-corrected chi connectivity index (χ4v) is 2.69. The van der Waals surface area contributed by atoms with Gasteiger partial charge in [0.2, 0.25) is 0 Å². The molecule has 2 amide bonds. The van der Waals surface area contributed by atoms with Crippen LogP contribution in [0.15, 0.2) is 35.4 Å². The Balaban J connectivity index is 2.05. The van der Waals surface area contributed by atoms with Crippen molar-refractivity contribution in [1.82, 2.24) is 15.7 Å². The van der Waals surface area contributed by atoms with Gasteiger partial charge >= 0.3 is 6.09 Å². The summed E-state index contributed by atoms with van der Waals surface area (Å²) in [5.41, 5.74) is 3.21. The summed E-state index contributed by atoms with van der Waals surface area (Å²) in [5.74, 6) is 0.241. The van der Waals surface area contributed by atoms with Crippen molar-refractivity contribution in [2.45, 2.75) is 52.7 Å². The van der Waals surface area contributed by atoms with Crippen LogP contribution < -0.4 is 15.5 Å². The minimum Gasteiger partial charge on any atom is -0.497 e. The summed E-state index contributed by atoms with van der Waals surface area (Å²) in [6, 6.07) is 8.51. The van der Waals surface area contributed by atoms with Crippen molar-refractivity contribution in [3.05, 3.63) is 36.0 Å². The molecule has 1 heterocycles. The van der Waals surface area contributed by atoms with Gasteiger partial charge in [-0.05, 0) is 51.0 Å². The highest BCUT2D eigenvalue weighted by Gasteiger charge is 2.28. The van der Waals surface area contributed by atoms with Gasteiger partial charge in [0.1, 0.15) is 17.4 Å². The molecule has 0 aliphatic heterocycles. The van der Waals surface area contributed by atoms with E-state index in [1.54, 1.807) is 33.9 Å². The zero-order chi connectivity index (χ0) is 22.3. The van der Waals surface area contributed by atoms with Crippen LogP contribution in [0.5, 0.6) is 5.75 Å². The first-order valence-corrected chi connectivity index (χ1v) is 9.90. The van der Waals surface area contributed by atoms with E-state index in [4.69, 9.17) is 9.47 Å². The molecular formula is C22H30N4O4. The van der Waals surface area contributed by atoms with Crippen LogP contribution in [0.25, 0.3) is 10.9 Å². The lowest BCUT2D eigenvalue weighted by atomic mass is 9.99. The maximum atomic E-state index is 12.6. The molecule has 2 rings (SSSR count). The second-order valence-corrected chi connectivity index (χ2v) is 8.04. The van der Waals surface area contributed by atoms with E-state index in [1.165, 1.54) is 6.21 Å². The lowest BCUT2D eigenvalue weighted by Crippen LogP contribution is -2.50. The number of carbonyl (C=O) groups is 2. The average Bonchev–Trinajstić information content (AvgIpc) is 2.69. The largest absolute Gasteiger partial charge is 0.497 e. The summed E-state index contributed by atoms with van der Waals surface area (Å²) in [6.07, 6.45) is 1.52. The van der Waals surface area contributed by atoms with Crippen LogP contribution in [-0.2, 0) is 9.53 Å². The molecule has 2 aromatic rings. The van der Waals surface area contributed by atoms with E-state index in [0.717, 1.165) is 16.7 Å². The number of alkyl carbamates (subject to hydrolysis) is 1. The molecule has 0 bridgehead atoms. The van der Waals surface area contributed by atoms with Gasteiger partial charge in [-0.3, -0.25) is 4.79 Å². The molecule has 1 unspecified atom stereocenters. The Kier molecular flexibility index (Phi) is 7.74. The van der Waals surface area contributed by atoms with E-state index in [0.29, 0.717) is 12.1 Å². The molecule has 8 heteroatoms. The Morgan fingerprint density at radius 1 is 1.23 bits per heavy atom. The van der Waals surface area contributed by atoms with E-state index in [9.17, 15) is 9.59 Å². The van der Waals surface area contributed by atoms with E-state index in [-0.39, 0.29) is 5.92 Å². The number of nitrogens with zero attached hydrogens (tertiary/aromatic N) is 2. The summed E-state index contributed by atoms with van der Waals surface area (Å²) in [4.78, 5) is 29.2. The average molecular weight is 415 g/mol. The molecule has 30 heavy (non-hydrogen) atoms. The lowest BCUT2D eigenvalue weighted by Gasteiger charge is -2.25. The second-order valence-electron chi connectivity index (χ2n) is 8.04. The predicted molar refractivity (Wildman–Crippen MR) is 117 cm³/mol. The van der Waals surface area contributed by atoms with Crippen LogP contribution in [0.3, 0.4) is 0 Å². The third kappa shape index (κ3) is 6.72. The number of rotatable bonds is 7. The molecule has 0 spiro atoms. The van der Waals surface area contributed by atoms with E-state index < -0.39 is 23.6 Å². The summed E-state index contributed by atoms with van der Waals surface area (Å²) in [5, 5.41) is 7.57. The number of methoxy groups -OCH3 is 1. The van der Waals surface area contributed by atoms with Crippen molar-refractivity contribution in [1.29, 1.82) is 0 Å². The first-order chi connectivity index (χ1) is 14.1. The van der Waals surface area contributed by atoms with Crippen LogP contribution in [0.1, 0.15) is 46.7 Å². The zero-order valence-corrected chi connectivity index (χ0v) is 18.4. The Labute approximate surface area is 177 Å². The van der Waals surface area contributed by atoms with Crippen LogP contribution in [-0.4, -0.2) is 42.0 Å². The normalized spacial score (nSPS) is 13.7. The maximum Gasteiger partial charge on any atom is 0.408 e. The van der Waals surface area contributed by atoms with Crippen LogP contribution >= 0.6 is 0 Å². The van der Waals surface area contributed by atoms with E-state index >= 15 is 0 Å². The SMILES string of the molecule is CCC(C)[C@H](NC(=O)OC(C)(C)C)C(=O)N/N=C/c1ccc2cc(OC)ccc2n1. The molecule has 2 N–H and O–H groups in total. The molecule has 8 nitrogen and oxygen atoms in total. The smallest absolute Gasteiger partial charge is 0.408 e. The number of pyridine rings is 1. The summed E-state index contributed by atoms with van der Waals surface area (Å²) in [7, 11) is 1.61. The van der Waals surface area contributed by atoms with Gasteiger partial charge in [0.15, 0.2) is 0 Å². The fourth-order valence-electron chi connectivity index (χ4n) is 2.69. The number of amides is 2. The van der Waals surface area contributed by atoms with E-state index in [2.05, 4.69) is 20.8 Å². The van der Waals surface area contributed by atoms with Crippen molar-refractivity contribution < 1.29 is 19.1 Å². The summed E-state index contributed by atoms with van der Waals surface area (Å²) in [6.45, 7) is 9.12. The first-order valence-electron chi connectivity index (χ1n) is 9.90. The quantitative estimate of drug-likeness (QED) is 0.532. The van der Waals surface area contributed by atoms with Gasteiger partial charge in [-0.1, -0.05) is 26.3 Å². The Hall–Kier alpha value is -3.16. The van der Waals surface area contributed by atoms with Crippen LogP contribution in [0, 0.1) is 5.92 Å². The topological polar surface area (TPSA) is 102 Å². The van der Waals surface area contributed by atoms with Gasteiger partial charge in [-0.2, -0.15) is 5.10 Å². The number of hydrogen-bond acceptors (Lipinski definition) is 6. The van der Waals surface area contributed by atoms with Crippen molar-refractivity contribution in [3.63, 3.8) is 0 Å². The lowest BCUT2D eigenvalue weighted by molar-refractivity contribution is -0.124. The number of carbonyl (C=O) groups excluding carboxylic acids is 2. The Morgan fingerprint density at radius 2 is 1.97 bits per heavy atom. The molecular weight excluding hydrogens is 384 g/mol. The summed E-state index contributed by atoms with van der Waals surface area (Å²) < 4.78 is 10.5. The number of hydrogen-bond donors (Lipinski definition) is 2. The standard InChI is InChI=1S/C22H30N4O4/c1-7-14(2)19(25-21(28)30-22(3,4)5)20(27)26-23-13-16-9-8-15-12-17(29-6)10-11-18(15)24-16/h8-14,19H,7H2,1-6H3,(H,25,28)(H,26,27)/b23-13+/t14?,19-/m0/s1. The number of nitrogens with one attached hydrogen (secondary N) is 2. The number of ether oxygens (including phenoxy) is 2. The van der Waals surface area contributed by atoms with Gasteiger partial charge in [0.25, 0.3) is 5.91 Å². The van der Waals surface area contributed by atoms with Crippen molar-refractivity contribution in [2.75, 3.05) is 7.11 Å². The van der Waals surface area contributed by atoms with Gasteiger partial charge in [-0.15, -0.1) is 0 Å². The molecule has 0 aliphatic carbocycles. The van der Waals surface area contributed by atoms with Gasteiger partial charge in [0, 0.05) is 5.39 Å². The molecule has 0 radical (unpaired) electrons. The minimum absolute atomic E-state index is 0.0958. The van der Waals surface area contributed by atoms with Gasteiger partial charge in [0.05, 0.1) is 24.5 Å². The number of benzene rings is 1. The van der Waals surface area contributed by atoms with Crippen LogP contribution in [0.4, 0.5) is 4.79 Å². The summed E-state index contributed by atoms with van der Waals surface area (Å²) >= 11 is 0. The molecule has 162 valence electrons. The van der Waals surface area contributed by atoms with Gasteiger partial charge in [-0.25, -0.2) is 15.2 Å². The molecule has 1 aromatic heterocycles. The minimum atomic E-state index is -0.765. The van der Waals surface area contributed by atoms with Gasteiger partial charge < -0.3 is 14.8 Å². The number of fused-ring (bicyclic) bond motifs is 1. The number of aromatic nitrogens is 1. The fraction of sp³-hybridized carbons (Fsp3) is 0.455. The highest BCUT2D eigenvalue weighted by atomic mass is 16.6. The molecule has 0 fully saturated rings. The molecule has 2 atom stereocenters. The highest BCUT2D eigenvalue weighted by molar-refractivity contribution is 5.88. The van der Waals surface area contributed by atoms with E-state index in [1.807, 2.05) is 38.1 Å². The van der Waals surface area contributed by atoms with Crippen molar-refractivity contribution >= 4 is 29.1 Å². The third-order valence-electron chi connectivity index (χ3n) is 4.46.